The fourth-order valence-electron chi connectivity index (χ4n) is 3.83. The summed E-state index contributed by atoms with van der Waals surface area (Å²) in [4.78, 5) is 23.0. The molecule has 0 spiro atoms. The summed E-state index contributed by atoms with van der Waals surface area (Å²) in [5, 5.41) is 3.06. The van der Waals surface area contributed by atoms with Crippen molar-refractivity contribution in [2.75, 3.05) is 5.73 Å². The number of nitrogens with zero attached hydrogens (tertiary/aromatic N) is 3. The summed E-state index contributed by atoms with van der Waals surface area (Å²) in [5.41, 5.74) is 11.2. The minimum Gasteiger partial charge on any atom is -0.384 e. The molecular formula is C25H20BrN5O. The van der Waals surface area contributed by atoms with Gasteiger partial charge in [0, 0.05) is 10.2 Å². The molecule has 6 nitrogen and oxygen atoms in total. The average Bonchev–Trinajstić information content (AvgIpc) is 3.09. The van der Waals surface area contributed by atoms with Crippen LogP contribution < -0.4 is 11.1 Å². The van der Waals surface area contributed by atoms with Crippen molar-refractivity contribution in [2.45, 2.75) is 13.0 Å². The standard InChI is InChI=1S/C25H20BrN5O/c1-15(16-7-3-2-4-8-16)28-25(32)21-22-24(30-20-10-6-5-9-19(20)29-22)31(23(21)27)18-13-11-17(26)12-14-18/h2-15H,27H2,1H3,(H,28,32)/t15-/m0/s1. The number of anilines is 1. The number of fused-ring (bicyclic) bond motifs is 2. The smallest absolute Gasteiger partial charge is 0.257 e. The van der Waals surface area contributed by atoms with E-state index in [1.807, 2.05) is 85.8 Å². The molecule has 2 aromatic heterocycles. The Labute approximate surface area is 193 Å². The van der Waals surface area contributed by atoms with Gasteiger partial charge in [-0.25, -0.2) is 9.97 Å². The Kier molecular flexibility index (Phi) is 5.11. The van der Waals surface area contributed by atoms with Crippen LogP contribution in [0.5, 0.6) is 0 Å². The Morgan fingerprint density at radius 3 is 2.25 bits per heavy atom. The Morgan fingerprint density at radius 1 is 0.938 bits per heavy atom. The molecule has 0 aliphatic rings. The zero-order chi connectivity index (χ0) is 22.2. The number of carbonyl (C=O) groups is 1. The molecule has 3 aromatic carbocycles. The van der Waals surface area contributed by atoms with E-state index in [0.717, 1.165) is 21.2 Å². The van der Waals surface area contributed by atoms with Gasteiger partial charge in [-0.1, -0.05) is 58.4 Å². The van der Waals surface area contributed by atoms with Gasteiger partial charge in [0.1, 0.15) is 16.9 Å². The molecule has 5 rings (SSSR count). The predicted molar refractivity (Wildman–Crippen MR) is 131 cm³/mol. The van der Waals surface area contributed by atoms with E-state index in [1.54, 1.807) is 4.57 Å². The molecule has 0 aliphatic heterocycles. The van der Waals surface area contributed by atoms with E-state index in [9.17, 15) is 4.79 Å². The van der Waals surface area contributed by atoms with Crippen molar-refractivity contribution in [3.63, 3.8) is 0 Å². The van der Waals surface area contributed by atoms with Crippen molar-refractivity contribution in [3.05, 3.63) is 94.5 Å². The maximum atomic E-state index is 13.4. The first-order chi connectivity index (χ1) is 15.5. The van der Waals surface area contributed by atoms with E-state index in [4.69, 9.17) is 15.7 Å². The lowest BCUT2D eigenvalue weighted by molar-refractivity contribution is 0.0942. The van der Waals surface area contributed by atoms with Crippen molar-refractivity contribution in [1.29, 1.82) is 0 Å². The monoisotopic (exact) mass is 485 g/mol. The molecule has 1 atom stereocenters. The lowest BCUT2D eigenvalue weighted by Gasteiger charge is -2.14. The van der Waals surface area contributed by atoms with Crippen LogP contribution in [0.2, 0.25) is 0 Å². The largest absolute Gasteiger partial charge is 0.384 e. The molecule has 0 aliphatic carbocycles. The summed E-state index contributed by atoms with van der Waals surface area (Å²) in [6.45, 7) is 1.94. The number of hydrogen-bond acceptors (Lipinski definition) is 4. The van der Waals surface area contributed by atoms with Gasteiger partial charge in [0.2, 0.25) is 0 Å². The Hall–Kier alpha value is -3.71. The van der Waals surface area contributed by atoms with Gasteiger partial charge in [0.15, 0.2) is 5.65 Å². The third kappa shape index (κ3) is 3.50. The number of benzene rings is 3. The van der Waals surface area contributed by atoms with Crippen molar-refractivity contribution in [1.82, 2.24) is 19.9 Å². The average molecular weight is 486 g/mol. The van der Waals surface area contributed by atoms with E-state index in [1.165, 1.54) is 0 Å². The summed E-state index contributed by atoms with van der Waals surface area (Å²) < 4.78 is 2.73. The number of rotatable bonds is 4. The topological polar surface area (TPSA) is 85.8 Å². The number of nitrogen functional groups attached to an aromatic ring is 1. The van der Waals surface area contributed by atoms with Crippen molar-refractivity contribution in [3.8, 4) is 5.69 Å². The highest BCUT2D eigenvalue weighted by Crippen LogP contribution is 2.31. The molecule has 0 fully saturated rings. The summed E-state index contributed by atoms with van der Waals surface area (Å²) in [6, 6.07) is 24.9. The zero-order valence-electron chi connectivity index (χ0n) is 17.3. The van der Waals surface area contributed by atoms with Crippen LogP contribution in [0.1, 0.15) is 28.9 Å². The van der Waals surface area contributed by atoms with Gasteiger partial charge in [-0.3, -0.25) is 9.36 Å². The zero-order valence-corrected chi connectivity index (χ0v) is 18.9. The van der Waals surface area contributed by atoms with E-state index in [2.05, 4.69) is 21.2 Å². The molecule has 0 bridgehead atoms. The summed E-state index contributed by atoms with van der Waals surface area (Å²) in [6.07, 6.45) is 0. The van der Waals surface area contributed by atoms with Gasteiger partial charge in [-0.15, -0.1) is 0 Å². The molecule has 32 heavy (non-hydrogen) atoms. The van der Waals surface area contributed by atoms with Crippen LogP contribution in [0.3, 0.4) is 0 Å². The van der Waals surface area contributed by atoms with Crippen LogP contribution in [0.4, 0.5) is 5.82 Å². The first-order valence-electron chi connectivity index (χ1n) is 10.2. The van der Waals surface area contributed by atoms with E-state index in [0.29, 0.717) is 28.1 Å². The number of para-hydroxylation sites is 2. The highest BCUT2D eigenvalue weighted by Gasteiger charge is 2.25. The van der Waals surface area contributed by atoms with Crippen LogP contribution in [0.15, 0.2) is 83.3 Å². The Bertz CT molecular complexity index is 1440. The molecule has 3 N–H and O–H groups in total. The van der Waals surface area contributed by atoms with Gasteiger partial charge in [0.25, 0.3) is 5.91 Å². The second-order valence-corrected chi connectivity index (χ2v) is 8.48. The normalized spacial score (nSPS) is 12.2. The van der Waals surface area contributed by atoms with E-state index in [-0.39, 0.29) is 11.9 Å². The van der Waals surface area contributed by atoms with E-state index >= 15 is 0 Å². The van der Waals surface area contributed by atoms with Crippen molar-refractivity contribution < 1.29 is 4.79 Å². The fourth-order valence-corrected chi connectivity index (χ4v) is 4.10. The van der Waals surface area contributed by atoms with Gasteiger partial charge in [-0.2, -0.15) is 0 Å². The molecule has 2 heterocycles. The molecule has 7 heteroatoms. The first-order valence-corrected chi connectivity index (χ1v) is 11.0. The van der Waals surface area contributed by atoms with E-state index < -0.39 is 0 Å². The number of nitrogens with one attached hydrogen (secondary N) is 1. The molecule has 1 amide bonds. The predicted octanol–water partition coefficient (Wildman–Crippen LogP) is 5.41. The second-order valence-electron chi connectivity index (χ2n) is 7.56. The quantitative estimate of drug-likeness (QED) is 0.356. The number of amides is 1. The van der Waals surface area contributed by atoms with Crippen molar-refractivity contribution in [2.24, 2.45) is 0 Å². The Balaban J connectivity index is 1.69. The Morgan fingerprint density at radius 2 is 1.56 bits per heavy atom. The number of halogens is 1. The van der Waals surface area contributed by atoms with Gasteiger partial charge in [-0.05, 0) is 48.9 Å². The van der Waals surface area contributed by atoms with Crippen molar-refractivity contribution >= 4 is 49.9 Å². The van der Waals surface area contributed by atoms with Crippen LogP contribution in [0.25, 0.3) is 27.9 Å². The molecule has 0 unspecified atom stereocenters. The summed E-state index contributed by atoms with van der Waals surface area (Å²) >= 11 is 3.46. The SMILES string of the molecule is C[C@H](NC(=O)c1c(N)n(-c2ccc(Br)cc2)c2nc3ccccc3nc12)c1ccccc1. The van der Waals surface area contributed by atoms with Crippen LogP contribution in [-0.2, 0) is 0 Å². The molecule has 158 valence electrons. The second kappa shape index (κ2) is 8.09. The molecule has 5 aromatic rings. The van der Waals surface area contributed by atoms with Gasteiger partial charge in [0.05, 0.1) is 17.1 Å². The van der Waals surface area contributed by atoms with Crippen LogP contribution in [0, 0.1) is 0 Å². The molecular weight excluding hydrogens is 466 g/mol. The lowest BCUT2D eigenvalue weighted by atomic mass is 10.1. The highest BCUT2D eigenvalue weighted by atomic mass is 79.9. The maximum Gasteiger partial charge on any atom is 0.257 e. The number of nitrogens with two attached hydrogens (primary N) is 1. The van der Waals surface area contributed by atoms with Crippen LogP contribution >= 0.6 is 15.9 Å². The van der Waals surface area contributed by atoms with Gasteiger partial charge < -0.3 is 11.1 Å². The van der Waals surface area contributed by atoms with Gasteiger partial charge >= 0.3 is 0 Å². The fraction of sp³-hybridized carbons (Fsp3) is 0.0800. The number of hydrogen-bond donors (Lipinski definition) is 2. The molecule has 0 saturated carbocycles. The minimum absolute atomic E-state index is 0.192. The summed E-state index contributed by atoms with van der Waals surface area (Å²) in [5.74, 6) is 0.0136. The lowest BCUT2D eigenvalue weighted by Crippen LogP contribution is -2.27. The highest BCUT2D eigenvalue weighted by molar-refractivity contribution is 9.10. The third-order valence-electron chi connectivity index (χ3n) is 5.46. The molecule has 0 saturated heterocycles. The molecule has 0 radical (unpaired) electrons. The maximum absolute atomic E-state index is 13.4. The first kappa shape index (κ1) is 20.2. The number of carbonyl (C=O) groups excluding carboxylic acids is 1. The third-order valence-corrected chi connectivity index (χ3v) is 5.99. The summed E-state index contributed by atoms with van der Waals surface area (Å²) in [7, 11) is 0. The minimum atomic E-state index is -0.288. The van der Waals surface area contributed by atoms with Crippen LogP contribution in [-0.4, -0.2) is 20.4 Å². The number of aromatic nitrogens is 3.